The summed E-state index contributed by atoms with van der Waals surface area (Å²) >= 11 is 0. The Bertz CT molecular complexity index is 3450. The molecule has 5 aromatic carbocycles. The second kappa shape index (κ2) is 37.5. The van der Waals surface area contributed by atoms with Gasteiger partial charge < -0.3 is 145 Å². The Labute approximate surface area is 597 Å². The van der Waals surface area contributed by atoms with Crippen molar-refractivity contribution in [2.24, 2.45) is 0 Å². The molecule has 0 saturated heterocycles. The van der Waals surface area contributed by atoms with Crippen molar-refractivity contribution < 1.29 is 191 Å². The van der Waals surface area contributed by atoms with Crippen LogP contribution in [-0.4, -0.2) is 226 Å². The minimum Gasteiger partial charge on any atom is -0.493 e. The topological polar surface area (TPSA) is 668 Å². The molecule has 0 atom stereocenters. The fourth-order valence-corrected chi connectivity index (χ4v) is 13.0. The Morgan fingerprint density at radius 1 is 0.171 bits per heavy atom. The van der Waals surface area contributed by atoms with E-state index in [1.807, 2.05) is 0 Å². The zero-order valence-electron chi connectivity index (χ0n) is 55.0. The molecule has 10 aliphatic carbocycles. The maximum Gasteiger partial charge on any atom is 0.328 e. The molecule has 0 radical (unpaired) electrons. The minimum absolute atomic E-state index is 0.0759. The van der Waals surface area contributed by atoms with E-state index in [0.29, 0.717) is 0 Å². The lowest BCUT2D eigenvalue weighted by atomic mass is 9.94. The van der Waals surface area contributed by atoms with Gasteiger partial charge in [-0.15, -0.1) is 0 Å². The Hall–Kier alpha value is -4.40. The average molecular weight is 1690 g/mol. The highest BCUT2D eigenvalue weighted by Crippen LogP contribution is 2.48. The predicted octanol–water partition coefficient (Wildman–Crippen LogP) is 3.52. The van der Waals surface area contributed by atoms with E-state index in [0.717, 1.165) is 0 Å². The van der Waals surface area contributed by atoms with E-state index in [1.54, 1.807) is 0 Å². The lowest BCUT2D eigenvalue weighted by molar-refractivity contribution is 0.301. The van der Waals surface area contributed by atoms with Crippen LogP contribution in [0.15, 0.2) is 60.7 Å². The van der Waals surface area contributed by atoms with E-state index in [2.05, 4.69) is 0 Å². The number of ether oxygens (including phenoxy) is 10. The molecule has 0 unspecified atom stereocenters. The lowest BCUT2D eigenvalue weighted by Crippen LogP contribution is -2.12. The third-order valence-electron chi connectivity index (χ3n) is 14.5. The average Bonchev–Trinajstić information content (AvgIpc) is 1.19. The van der Waals surface area contributed by atoms with E-state index in [-0.39, 0.29) is 113 Å². The van der Waals surface area contributed by atoms with Crippen LogP contribution in [0.3, 0.4) is 0 Å². The van der Waals surface area contributed by atoms with Crippen LogP contribution in [0, 0.1) is 0 Å². The molecule has 10 aliphatic rings. The Balaban J connectivity index is 1.88. The molecule has 0 saturated carbocycles. The standard InChI is InChI=1S/C55H80O40P10/c56-96(57,58)11-1-86-46-26-37-22-39-29-51(91-6-16-101(71,72)73)41(31-50(39)90-5-15-100(68,69)70)24-43-33-55(95-10-20-105(83,84)85)45(35-54(43)94-9-19-104(80,81)82)25-44-34-52(92-7-17-102(74,75)76)42(32-53(44)93-8-18-103(77,78)79)23-40-30-48(88-3-13-98(62,63)64)38(28-49(40)89-4-14-99(65,66)67)21-36(46)27-47(37)87-2-12-97(59,60)61/h26-35H,1-25H2,(H2,56,57,58)(H2,59,60,61)(H2,62,63,64)(H2,65,66,67)(H2,68,69,70)(H2,71,72,73)(H2,74,75,76)(H2,77,78,79)(H2,80,81,82)(H2,83,84,85). The number of benzene rings is 5. The second-order valence-corrected chi connectivity index (χ2v) is 41.4. The smallest absolute Gasteiger partial charge is 0.328 e. The van der Waals surface area contributed by atoms with Gasteiger partial charge in [-0.2, -0.15) is 0 Å². The highest BCUT2D eigenvalue weighted by molar-refractivity contribution is 7.54. The van der Waals surface area contributed by atoms with Crippen LogP contribution in [0.4, 0.5) is 0 Å². The zero-order chi connectivity index (χ0) is 78.4. The molecular formula is C55H80O40P10. The van der Waals surface area contributed by atoms with Gasteiger partial charge in [-0.3, -0.25) is 45.7 Å². The summed E-state index contributed by atoms with van der Waals surface area (Å²) in [5.74, 6) is -2.95. The summed E-state index contributed by atoms with van der Waals surface area (Å²) in [6.07, 6.45) is -12.3. The third-order valence-corrected chi connectivity index (χ3v) is 22.2. The Morgan fingerprint density at radius 2 is 0.248 bits per heavy atom. The summed E-state index contributed by atoms with van der Waals surface area (Å²) < 4.78 is 185. The van der Waals surface area contributed by atoms with Crippen LogP contribution in [0.2, 0.25) is 0 Å². The first kappa shape index (κ1) is 89.5. The van der Waals surface area contributed by atoms with Gasteiger partial charge in [-0.1, -0.05) is 0 Å². The minimum atomic E-state index is -4.91. The molecule has 15 rings (SSSR count). The molecule has 5 aromatic rings. The summed E-state index contributed by atoms with van der Waals surface area (Å²) in [6, 6.07) is 12.1. The van der Waals surface area contributed by atoms with Gasteiger partial charge in [0.15, 0.2) is 0 Å². The molecule has 50 heteroatoms. The molecule has 0 heterocycles. The van der Waals surface area contributed by atoms with Gasteiger partial charge >= 0.3 is 76.0 Å². The van der Waals surface area contributed by atoms with E-state index in [9.17, 15) is 144 Å². The molecule has 40 nitrogen and oxygen atoms in total. The van der Waals surface area contributed by atoms with E-state index < -0.39 is 236 Å². The largest absolute Gasteiger partial charge is 0.493 e. The first-order valence-electron chi connectivity index (χ1n) is 30.7. The van der Waals surface area contributed by atoms with Crippen molar-refractivity contribution >= 4 is 76.0 Å². The van der Waals surface area contributed by atoms with E-state index in [1.165, 1.54) is 60.7 Å². The molecular weight excluding hydrogens is 1610 g/mol. The van der Waals surface area contributed by atoms with E-state index >= 15 is 0 Å². The van der Waals surface area contributed by atoms with Crippen molar-refractivity contribution in [2.75, 3.05) is 128 Å². The van der Waals surface area contributed by atoms with Crippen LogP contribution in [0.25, 0.3) is 0 Å². The quantitative estimate of drug-likeness (QED) is 0.0245. The lowest BCUT2D eigenvalue weighted by Gasteiger charge is -2.22. The zero-order valence-corrected chi connectivity index (χ0v) is 64.0. The molecule has 0 aromatic heterocycles. The molecule has 0 fully saturated rings. The van der Waals surface area contributed by atoms with Crippen molar-refractivity contribution in [3.05, 3.63) is 116 Å². The summed E-state index contributed by atoms with van der Waals surface area (Å²) in [5, 5.41) is 0. The van der Waals surface area contributed by atoms with Gasteiger partial charge in [0.2, 0.25) is 0 Å². The monoisotopic (exact) mass is 1690 g/mol. The van der Waals surface area contributed by atoms with Crippen LogP contribution in [0.1, 0.15) is 55.6 Å². The van der Waals surface area contributed by atoms with Gasteiger partial charge in [0.25, 0.3) is 0 Å². The van der Waals surface area contributed by atoms with Gasteiger partial charge in [-0.05, 0) is 60.7 Å². The Kier molecular flexibility index (Phi) is 32.0. The molecule has 20 N–H and O–H groups in total. The first-order valence-corrected chi connectivity index (χ1v) is 48.7. The van der Waals surface area contributed by atoms with Crippen LogP contribution in [-0.2, 0) is 77.8 Å². The van der Waals surface area contributed by atoms with Crippen molar-refractivity contribution in [3.8, 4) is 57.5 Å². The number of hydrogen-bond acceptors (Lipinski definition) is 20. The van der Waals surface area contributed by atoms with Crippen LogP contribution in [0.5, 0.6) is 57.5 Å². The van der Waals surface area contributed by atoms with Gasteiger partial charge in [0, 0.05) is 87.7 Å². The summed E-state index contributed by atoms with van der Waals surface area (Å²) in [5.41, 5.74) is -0.759. The predicted molar refractivity (Wildman–Crippen MR) is 370 cm³/mol. The fourth-order valence-electron chi connectivity index (χ4n) is 9.72. The van der Waals surface area contributed by atoms with Crippen molar-refractivity contribution in [3.63, 3.8) is 0 Å². The molecule has 0 spiro atoms. The fraction of sp³-hybridized carbons (Fsp3) is 0.455. The Morgan fingerprint density at radius 3 is 0.314 bits per heavy atom. The first-order chi connectivity index (χ1) is 48.2. The molecule has 0 amide bonds. The summed E-state index contributed by atoms with van der Waals surface area (Å²) in [4.78, 5) is 200. The molecule has 10 bridgehead atoms. The molecule has 105 heavy (non-hydrogen) atoms. The maximum atomic E-state index is 12.4. The van der Waals surface area contributed by atoms with Gasteiger partial charge in [-0.25, -0.2) is 0 Å². The SMILES string of the molecule is O=P(O)(O)CCOc1cc2c(OCCP(=O)(O)O)cc1Cc1cc(OCCP(=O)(O)O)c(cc1OCCP(=O)(O)O)Cc1cc(OCCP(=O)(O)O)c(cc1OCCP(=O)(O)O)Cc1cc(OCCP(=O)(O)O)c(cc1OCCP(=O)(O)O)Cc1cc(OCCP(=O)(O)O)c(cc1OCCP(=O)(O)O)C2. The highest BCUT2D eigenvalue weighted by Gasteiger charge is 2.30. The number of hydrogen-bond donors (Lipinski definition) is 20. The van der Waals surface area contributed by atoms with Crippen molar-refractivity contribution in [1.29, 1.82) is 0 Å². The number of rotatable bonds is 40. The highest BCUT2D eigenvalue weighted by atomic mass is 31.2. The maximum absolute atomic E-state index is 12.4. The molecule has 0 aliphatic heterocycles. The summed E-state index contributed by atoms with van der Waals surface area (Å²) in [7, 11) is -49.1. The van der Waals surface area contributed by atoms with Crippen LogP contribution >= 0.6 is 76.0 Å². The second-order valence-electron chi connectivity index (χ2n) is 23.6. The van der Waals surface area contributed by atoms with Crippen molar-refractivity contribution in [2.45, 2.75) is 32.1 Å². The van der Waals surface area contributed by atoms with Crippen LogP contribution < -0.4 is 47.4 Å². The van der Waals surface area contributed by atoms with Gasteiger partial charge in [0.1, 0.15) is 57.5 Å². The summed E-state index contributed by atoms with van der Waals surface area (Å²) in [6.45, 7) is -7.87. The third kappa shape index (κ3) is 34.6. The van der Waals surface area contributed by atoms with Crippen molar-refractivity contribution in [1.82, 2.24) is 0 Å². The molecule has 590 valence electrons. The van der Waals surface area contributed by atoms with Gasteiger partial charge in [0.05, 0.1) is 128 Å². The normalized spacial score (nSPS) is 13.7. The van der Waals surface area contributed by atoms with E-state index in [4.69, 9.17) is 47.4 Å².